The summed E-state index contributed by atoms with van der Waals surface area (Å²) >= 11 is 6.37. The third kappa shape index (κ3) is 1.43. The van der Waals surface area contributed by atoms with Crippen LogP contribution < -0.4 is 5.32 Å². The van der Waals surface area contributed by atoms with Gasteiger partial charge in [-0.15, -0.1) is 0 Å². The number of hydrogen-bond acceptors (Lipinski definition) is 2. The predicted molar refractivity (Wildman–Crippen MR) is 58.2 cm³/mol. The van der Waals surface area contributed by atoms with E-state index in [1.807, 2.05) is 0 Å². The molecule has 1 heterocycles. The monoisotopic (exact) mass is 331 g/mol. The molecule has 0 radical (unpaired) electrons. The molecule has 15 heavy (non-hydrogen) atoms. The van der Waals surface area contributed by atoms with E-state index in [1.54, 1.807) is 6.08 Å². The van der Waals surface area contributed by atoms with Crippen molar-refractivity contribution in [3.8, 4) is 0 Å². The molecule has 1 atom stereocenters. The lowest BCUT2D eigenvalue weighted by Gasteiger charge is -2.10. The van der Waals surface area contributed by atoms with Crippen LogP contribution in [-0.4, -0.2) is 22.2 Å². The second kappa shape index (κ2) is 3.52. The lowest BCUT2D eigenvalue weighted by atomic mass is 9.94. The highest BCUT2D eigenvalue weighted by Gasteiger charge is 2.48. The Morgan fingerprint density at radius 2 is 2.07 bits per heavy atom. The van der Waals surface area contributed by atoms with Gasteiger partial charge in [-0.05, 0) is 37.9 Å². The Hall–Kier alpha value is -1.04. The van der Waals surface area contributed by atoms with E-state index in [4.69, 9.17) is 5.53 Å². The zero-order valence-electron chi connectivity index (χ0n) is 7.12. The summed E-state index contributed by atoms with van der Waals surface area (Å²) < 4.78 is 1.06. The Balaban J connectivity index is 2.65. The average Bonchev–Trinajstić information content (AvgIpc) is 2.46. The van der Waals surface area contributed by atoms with E-state index in [2.05, 4.69) is 42.0 Å². The van der Waals surface area contributed by atoms with Crippen molar-refractivity contribution < 1.29 is 14.4 Å². The van der Waals surface area contributed by atoms with Crippen LogP contribution in [0, 0.1) is 5.92 Å². The zero-order valence-corrected chi connectivity index (χ0v) is 10.3. The van der Waals surface area contributed by atoms with Crippen molar-refractivity contribution >= 4 is 49.3 Å². The van der Waals surface area contributed by atoms with Gasteiger partial charge in [0.15, 0.2) is 5.92 Å². The van der Waals surface area contributed by atoms with Crippen LogP contribution in [0.25, 0.3) is 5.53 Å². The molecule has 1 fully saturated rings. The summed E-state index contributed by atoms with van der Waals surface area (Å²) in [6.07, 6.45) is 1.61. The number of carbonyl (C=O) groups excluding carboxylic acids is 2. The Morgan fingerprint density at radius 1 is 1.40 bits per heavy atom. The molecule has 1 aliphatic carbocycles. The van der Waals surface area contributed by atoms with Crippen LogP contribution in [0.3, 0.4) is 0 Å². The third-order valence-corrected chi connectivity index (χ3v) is 3.45. The summed E-state index contributed by atoms with van der Waals surface area (Å²) in [6, 6.07) is 0. The molecule has 0 saturated carbocycles. The number of nitrogens with one attached hydrogen (secondary N) is 1. The largest absolute Gasteiger partial charge is 0.361 e. The second-order valence-corrected chi connectivity index (χ2v) is 4.70. The lowest BCUT2D eigenvalue weighted by Crippen LogP contribution is -2.26. The molecule has 1 aliphatic heterocycles. The minimum atomic E-state index is -0.837. The summed E-state index contributed by atoms with van der Waals surface area (Å²) in [4.78, 5) is 25.7. The first-order valence-electron chi connectivity index (χ1n) is 3.90. The first-order chi connectivity index (χ1) is 7.06. The van der Waals surface area contributed by atoms with Crippen molar-refractivity contribution in [1.29, 1.82) is 0 Å². The average molecular weight is 333 g/mol. The van der Waals surface area contributed by atoms with Gasteiger partial charge in [0.1, 0.15) is 4.48 Å². The zero-order chi connectivity index (χ0) is 11.2. The minimum Gasteiger partial charge on any atom is -0.361 e. The van der Waals surface area contributed by atoms with Crippen molar-refractivity contribution in [3.05, 3.63) is 26.3 Å². The van der Waals surface area contributed by atoms with Crippen molar-refractivity contribution in [2.45, 2.75) is 0 Å². The van der Waals surface area contributed by atoms with Crippen molar-refractivity contribution in [2.24, 2.45) is 5.92 Å². The van der Waals surface area contributed by atoms with Crippen molar-refractivity contribution in [3.63, 3.8) is 0 Å². The molecule has 1 N–H and O–H groups in total. The van der Waals surface area contributed by atoms with Gasteiger partial charge in [-0.1, -0.05) is 0 Å². The molecule has 0 bridgehead atoms. The molecule has 2 rings (SSSR count). The van der Waals surface area contributed by atoms with E-state index in [9.17, 15) is 9.59 Å². The van der Waals surface area contributed by atoms with Gasteiger partial charge in [-0.2, -0.15) is 4.79 Å². The number of amides is 1. The quantitative estimate of drug-likeness (QED) is 0.405. The highest BCUT2D eigenvalue weighted by molar-refractivity contribution is 9.12. The fraction of sp³-hybridized carbons (Fsp3) is 0.125. The number of allylic oxidation sites excluding steroid dienone is 4. The van der Waals surface area contributed by atoms with Gasteiger partial charge in [0, 0.05) is 4.48 Å². The highest BCUT2D eigenvalue weighted by atomic mass is 79.9. The van der Waals surface area contributed by atoms with Crippen LogP contribution >= 0.6 is 31.9 Å². The number of ketones is 1. The van der Waals surface area contributed by atoms with Crippen LogP contribution in [0.5, 0.6) is 0 Å². The number of hydrogen-bond donors (Lipinski definition) is 1. The van der Waals surface area contributed by atoms with Crippen LogP contribution in [0.2, 0.25) is 0 Å². The molecule has 1 unspecified atom stereocenters. The normalized spacial score (nSPS) is 24.8. The standard InChI is InChI=1S/C8H3Br2N3O2/c9-2-1-3(10)6(13-11)4-5(2)12-8(15)7(4)14/h1,4H,(H,12,15). The van der Waals surface area contributed by atoms with Crippen LogP contribution in [0.1, 0.15) is 0 Å². The smallest absolute Gasteiger partial charge is 0.323 e. The Labute approximate surface area is 101 Å². The minimum absolute atomic E-state index is 0.136. The van der Waals surface area contributed by atoms with Gasteiger partial charge in [-0.3, -0.25) is 9.59 Å². The summed E-state index contributed by atoms with van der Waals surface area (Å²) in [7, 11) is 0. The van der Waals surface area contributed by atoms with Gasteiger partial charge in [-0.25, -0.2) is 0 Å². The molecule has 7 heteroatoms. The van der Waals surface area contributed by atoms with Crippen LogP contribution in [0.4, 0.5) is 0 Å². The van der Waals surface area contributed by atoms with Crippen molar-refractivity contribution in [1.82, 2.24) is 5.32 Å². The molecular weight excluding hydrogens is 330 g/mol. The fourth-order valence-corrected chi connectivity index (χ4v) is 2.88. The van der Waals surface area contributed by atoms with E-state index in [0.717, 1.165) is 0 Å². The van der Waals surface area contributed by atoms with Crippen molar-refractivity contribution in [2.75, 3.05) is 0 Å². The van der Waals surface area contributed by atoms with E-state index in [1.165, 1.54) is 0 Å². The molecule has 1 saturated heterocycles. The first-order valence-corrected chi connectivity index (χ1v) is 5.49. The Morgan fingerprint density at radius 3 is 2.67 bits per heavy atom. The lowest BCUT2D eigenvalue weighted by molar-refractivity contribution is -0.136. The highest BCUT2D eigenvalue weighted by Crippen LogP contribution is 2.34. The van der Waals surface area contributed by atoms with Gasteiger partial charge in [0.2, 0.25) is 5.78 Å². The maximum Gasteiger partial charge on any atom is 0.323 e. The summed E-state index contributed by atoms with van der Waals surface area (Å²) in [5, 5.41) is 2.43. The Kier molecular flexibility index (Phi) is 2.46. The van der Waals surface area contributed by atoms with Gasteiger partial charge in [0.25, 0.3) is 5.91 Å². The number of carbonyl (C=O) groups is 2. The number of fused-ring (bicyclic) bond motifs is 1. The van der Waals surface area contributed by atoms with Crippen LogP contribution in [-0.2, 0) is 9.59 Å². The van der Waals surface area contributed by atoms with Gasteiger partial charge >= 0.3 is 5.71 Å². The molecule has 1 amide bonds. The molecule has 0 aromatic heterocycles. The van der Waals surface area contributed by atoms with Gasteiger partial charge < -0.3 is 10.8 Å². The second-order valence-electron chi connectivity index (χ2n) is 2.99. The number of halogens is 2. The summed E-state index contributed by atoms with van der Waals surface area (Å²) in [6.45, 7) is 0. The van der Waals surface area contributed by atoms with E-state index >= 15 is 0 Å². The third-order valence-electron chi connectivity index (χ3n) is 2.16. The van der Waals surface area contributed by atoms with E-state index < -0.39 is 17.6 Å². The maximum atomic E-state index is 11.5. The topological polar surface area (TPSA) is 82.6 Å². The predicted octanol–water partition coefficient (Wildman–Crippen LogP) is 0.871. The molecule has 76 valence electrons. The Bertz CT molecular complexity index is 500. The number of nitrogens with zero attached hydrogens (tertiary/aromatic N) is 2. The first kappa shape index (κ1) is 10.5. The SMILES string of the molecule is [N-]=[N+]=C1C(Br)=CC(Br)=C2NC(=O)C(=O)C12. The number of Topliss-reactive ketones (excluding diaryl/α,β-unsaturated/α-hetero) is 1. The molecule has 0 aromatic rings. The molecule has 2 aliphatic rings. The summed E-state index contributed by atoms with van der Waals surface area (Å²) in [5.41, 5.74) is 9.34. The molecule has 5 nitrogen and oxygen atoms in total. The van der Waals surface area contributed by atoms with E-state index in [0.29, 0.717) is 14.7 Å². The van der Waals surface area contributed by atoms with E-state index in [-0.39, 0.29) is 5.71 Å². The summed E-state index contributed by atoms with van der Waals surface area (Å²) in [5.74, 6) is -2.15. The molecular formula is C8H3Br2N3O2. The van der Waals surface area contributed by atoms with Gasteiger partial charge in [0.05, 0.1) is 5.70 Å². The maximum absolute atomic E-state index is 11.5. The number of rotatable bonds is 0. The molecule has 0 spiro atoms. The fourth-order valence-electron chi connectivity index (χ4n) is 1.48. The van der Waals surface area contributed by atoms with Crippen LogP contribution in [0.15, 0.2) is 20.7 Å². The molecule has 0 aromatic carbocycles.